The first-order chi connectivity index (χ1) is 10.7. The maximum atomic E-state index is 12.2. The molecule has 0 aliphatic heterocycles. The number of carbonyl (C=O) groups excluding carboxylic acids is 1. The normalized spacial score (nSPS) is 21.7. The average molecular weight is 302 g/mol. The number of ether oxygens (including phenoxy) is 1. The molecule has 1 saturated carbocycles. The molecule has 0 radical (unpaired) electrons. The van der Waals surface area contributed by atoms with E-state index >= 15 is 0 Å². The fourth-order valence-electron chi connectivity index (χ4n) is 2.67. The Labute approximate surface area is 127 Å². The molecule has 1 atom stereocenters. The molecule has 0 bridgehead atoms. The van der Waals surface area contributed by atoms with Gasteiger partial charge in [-0.2, -0.15) is 5.10 Å². The van der Waals surface area contributed by atoms with Crippen molar-refractivity contribution in [3.8, 4) is 5.88 Å². The first-order valence-electron chi connectivity index (χ1n) is 7.15. The molecule has 1 fully saturated rings. The number of aliphatic hydroxyl groups is 1. The van der Waals surface area contributed by atoms with Gasteiger partial charge in [0.1, 0.15) is 5.69 Å². The fourth-order valence-corrected chi connectivity index (χ4v) is 2.67. The third-order valence-electron chi connectivity index (χ3n) is 3.98. The lowest BCUT2D eigenvalue weighted by Gasteiger charge is -2.38. The van der Waals surface area contributed by atoms with Crippen molar-refractivity contribution in [1.82, 2.24) is 20.5 Å². The van der Waals surface area contributed by atoms with Crippen molar-refractivity contribution in [2.45, 2.75) is 25.0 Å². The van der Waals surface area contributed by atoms with Crippen LogP contribution in [0.5, 0.6) is 5.88 Å². The van der Waals surface area contributed by atoms with E-state index in [4.69, 9.17) is 4.74 Å². The van der Waals surface area contributed by atoms with Crippen molar-refractivity contribution in [3.63, 3.8) is 0 Å². The lowest BCUT2D eigenvalue weighted by atomic mass is 9.75. The van der Waals surface area contributed by atoms with Gasteiger partial charge in [0.25, 0.3) is 5.91 Å². The van der Waals surface area contributed by atoms with Crippen molar-refractivity contribution >= 4 is 5.91 Å². The van der Waals surface area contributed by atoms with Crippen LogP contribution >= 0.6 is 0 Å². The zero-order chi connectivity index (χ0) is 15.5. The average Bonchev–Trinajstić information content (AvgIpc) is 3.04. The highest BCUT2D eigenvalue weighted by Gasteiger charge is 2.36. The van der Waals surface area contributed by atoms with Crippen molar-refractivity contribution in [2.75, 3.05) is 7.11 Å². The molecule has 2 heterocycles. The van der Waals surface area contributed by atoms with Gasteiger partial charge in [0.05, 0.1) is 19.3 Å². The van der Waals surface area contributed by atoms with Gasteiger partial charge in [0, 0.05) is 18.5 Å². The van der Waals surface area contributed by atoms with Crippen molar-refractivity contribution in [1.29, 1.82) is 0 Å². The molecule has 1 unspecified atom stereocenters. The number of amides is 1. The van der Waals surface area contributed by atoms with Gasteiger partial charge in [-0.15, -0.1) is 0 Å². The summed E-state index contributed by atoms with van der Waals surface area (Å²) in [4.78, 5) is 16.4. The van der Waals surface area contributed by atoms with E-state index in [2.05, 4.69) is 20.5 Å². The van der Waals surface area contributed by atoms with Crippen LogP contribution < -0.4 is 10.1 Å². The van der Waals surface area contributed by atoms with Crippen LogP contribution in [0.1, 0.15) is 34.9 Å². The fraction of sp³-hybridized carbons (Fsp3) is 0.400. The summed E-state index contributed by atoms with van der Waals surface area (Å²) < 4.78 is 5.06. The quantitative estimate of drug-likeness (QED) is 0.766. The standard InChI is InChI=1S/C15H18N4O3/c1-22-13-3-2-9(8-16-13)14(10-6-11(20)7-10)18-15(21)12-4-5-17-19-12/h2-5,8,10-11,14,20H,6-7H2,1H3,(H,17,19)(H,18,21). The second-order valence-corrected chi connectivity index (χ2v) is 5.44. The lowest BCUT2D eigenvalue weighted by Crippen LogP contribution is -2.41. The summed E-state index contributed by atoms with van der Waals surface area (Å²) in [6.07, 6.45) is 4.27. The third kappa shape index (κ3) is 2.94. The highest BCUT2D eigenvalue weighted by Crippen LogP contribution is 2.38. The largest absolute Gasteiger partial charge is 0.481 e. The molecule has 2 aromatic heterocycles. The van der Waals surface area contributed by atoms with Crippen LogP contribution in [0.4, 0.5) is 0 Å². The number of rotatable bonds is 5. The Morgan fingerprint density at radius 2 is 2.27 bits per heavy atom. The third-order valence-corrected chi connectivity index (χ3v) is 3.98. The van der Waals surface area contributed by atoms with Gasteiger partial charge in [0.15, 0.2) is 0 Å². The van der Waals surface area contributed by atoms with E-state index in [1.54, 1.807) is 25.4 Å². The predicted molar refractivity (Wildman–Crippen MR) is 78.3 cm³/mol. The minimum absolute atomic E-state index is 0.192. The molecule has 7 nitrogen and oxygen atoms in total. The van der Waals surface area contributed by atoms with Gasteiger partial charge in [-0.05, 0) is 30.4 Å². The molecule has 3 N–H and O–H groups in total. The van der Waals surface area contributed by atoms with Crippen LogP contribution in [-0.4, -0.2) is 39.4 Å². The Kier molecular flexibility index (Phi) is 4.06. The summed E-state index contributed by atoms with van der Waals surface area (Å²) in [7, 11) is 1.56. The topological polar surface area (TPSA) is 100 Å². The molecule has 0 aromatic carbocycles. The van der Waals surface area contributed by atoms with Crippen LogP contribution in [0.2, 0.25) is 0 Å². The number of pyridine rings is 1. The van der Waals surface area contributed by atoms with Gasteiger partial charge < -0.3 is 15.2 Å². The van der Waals surface area contributed by atoms with Gasteiger partial charge in [-0.3, -0.25) is 9.89 Å². The number of H-pyrrole nitrogens is 1. The minimum atomic E-state index is -0.289. The van der Waals surface area contributed by atoms with Gasteiger partial charge >= 0.3 is 0 Å². The Morgan fingerprint density at radius 3 is 2.82 bits per heavy atom. The zero-order valence-corrected chi connectivity index (χ0v) is 12.2. The number of methoxy groups -OCH3 is 1. The summed E-state index contributed by atoms with van der Waals surface area (Å²) in [6, 6.07) is 5.07. The van der Waals surface area contributed by atoms with Crippen LogP contribution in [0, 0.1) is 5.92 Å². The van der Waals surface area contributed by atoms with E-state index in [-0.39, 0.29) is 24.0 Å². The molecule has 7 heteroatoms. The first-order valence-corrected chi connectivity index (χ1v) is 7.15. The van der Waals surface area contributed by atoms with Crippen molar-refractivity contribution < 1.29 is 14.6 Å². The second kappa shape index (κ2) is 6.15. The Balaban J connectivity index is 1.78. The van der Waals surface area contributed by atoms with E-state index in [1.165, 1.54) is 6.20 Å². The lowest BCUT2D eigenvalue weighted by molar-refractivity contribution is 0.0234. The maximum Gasteiger partial charge on any atom is 0.269 e. The number of nitrogens with zero attached hydrogens (tertiary/aromatic N) is 2. The first kappa shape index (κ1) is 14.5. The molecule has 116 valence electrons. The number of aromatic amines is 1. The molecule has 22 heavy (non-hydrogen) atoms. The summed E-state index contributed by atoms with van der Waals surface area (Å²) >= 11 is 0. The van der Waals surface area contributed by atoms with E-state index in [1.807, 2.05) is 6.07 Å². The molecule has 2 aromatic rings. The number of hydrogen-bond acceptors (Lipinski definition) is 5. The second-order valence-electron chi connectivity index (χ2n) is 5.44. The zero-order valence-electron chi connectivity index (χ0n) is 12.2. The summed E-state index contributed by atoms with van der Waals surface area (Å²) in [5.74, 6) is 0.493. The smallest absolute Gasteiger partial charge is 0.269 e. The summed E-state index contributed by atoms with van der Waals surface area (Å²) in [6.45, 7) is 0. The highest BCUT2D eigenvalue weighted by molar-refractivity contribution is 5.92. The van der Waals surface area contributed by atoms with Gasteiger partial charge in [-0.1, -0.05) is 6.07 Å². The number of carbonyl (C=O) groups is 1. The Bertz CT molecular complexity index is 621. The molecular weight excluding hydrogens is 284 g/mol. The number of aliphatic hydroxyl groups excluding tert-OH is 1. The van der Waals surface area contributed by atoms with Crippen molar-refractivity contribution in [3.05, 3.63) is 41.9 Å². The molecule has 0 spiro atoms. The molecule has 1 aliphatic rings. The Morgan fingerprint density at radius 1 is 1.45 bits per heavy atom. The van der Waals surface area contributed by atoms with Crippen LogP contribution in [0.25, 0.3) is 0 Å². The molecule has 3 rings (SSSR count). The van der Waals surface area contributed by atoms with Crippen molar-refractivity contribution in [2.24, 2.45) is 5.92 Å². The molecule has 1 aliphatic carbocycles. The van der Waals surface area contributed by atoms with Crippen LogP contribution in [0.15, 0.2) is 30.6 Å². The summed E-state index contributed by atoms with van der Waals surface area (Å²) in [5.41, 5.74) is 1.30. The predicted octanol–water partition coefficient (Wildman–Crippen LogP) is 1.06. The minimum Gasteiger partial charge on any atom is -0.481 e. The highest BCUT2D eigenvalue weighted by atomic mass is 16.5. The van der Waals surface area contributed by atoms with Gasteiger partial charge in [-0.25, -0.2) is 4.98 Å². The Hall–Kier alpha value is -2.41. The monoisotopic (exact) mass is 302 g/mol. The SMILES string of the molecule is COc1ccc(C(NC(=O)c2ccn[nH]2)C2CC(O)C2)cn1. The van der Waals surface area contributed by atoms with Gasteiger partial charge in [0.2, 0.25) is 5.88 Å². The molecule has 0 saturated heterocycles. The van der Waals surface area contributed by atoms with E-state index < -0.39 is 0 Å². The van der Waals surface area contributed by atoms with E-state index in [0.717, 1.165) is 5.56 Å². The van der Waals surface area contributed by atoms with E-state index in [0.29, 0.717) is 24.4 Å². The molecular formula is C15H18N4O3. The number of aromatic nitrogens is 3. The maximum absolute atomic E-state index is 12.2. The summed E-state index contributed by atoms with van der Waals surface area (Å²) in [5, 5.41) is 19.0. The van der Waals surface area contributed by atoms with E-state index in [9.17, 15) is 9.90 Å². The van der Waals surface area contributed by atoms with Crippen LogP contribution in [-0.2, 0) is 0 Å². The molecule has 1 amide bonds. The van der Waals surface area contributed by atoms with Crippen LogP contribution in [0.3, 0.4) is 0 Å². The number of nitrogens with one attached hydrogen (secondary N) is 2. The number of hydrogen-bond donors (Lipinski definition) is 3.